The molecule has 0 bridgehead atoms. The van der Waals surface area contributed by atoms with Crippen molar-refractivity contribution in [3.8, 4) is 0 Å². The Morgan fingerprint density at radius 2 is 2.07 bits per heavy atom. The molecule has 0 aliphatic carbocycles. The molecule has 1 amide bonds. The minimum absolute atomic E-state index is 0. The Morgan fingerprint density at radius 3 is 2.61 bits per heavy atom. The number of carboxylic acid groups (broad SMARTS) is 1. The van der Waals surface area contributed by atoms with E-state index in [0.717, 1.165) is 0 Å². The van der Waals surface area contributed by atoms with E-state index in [9.17, 15) is 24.8 Å². The second-order valence-electron chi connectivity index (χ2n) is 7.09. The molecule has 2 rings (SSSR count). The molecule has 1 aromatic heterocycles. The number of carbonyl (C=O) groups is 2. The van der Waals surface area contributed by atoms with Crippen molar-refractivity contribution in [3.05, 3.63) is 34.1 Å². The molecule has 0 spiro atoms. The second-order valence-corrected chi connectivity index (χ2v) is 7.09. The molecule has 0 radical (unpaired) electrons. The predicted octanol–water partition coefficient (Wildman–Crippen LogP) is -0.491. The average molecular weight is 386 g/mol. The van der Waals surface area contributed by atoms with Gasteiger partial charge in [0.15, 0.2) is 0 Å². The van der Waals surface area contributed by atoms with Gasteiger partial charge in [0, 0.05) is 25.6 Å². The summed E-state index contributed by atoms with van der Waals surface area (Å²) in [6.07, 6.45) is -0.463. The molecule has 0 aliphatic rings. The fraction of sp³-hybridized carbons (Fsp3) is 0.471. The van der Waals surface area contributed by atoms with Gasteiger partial charge >= 0.3 is 30.9 Å². The summed E-state index contributed by atoms with van der Waals surface area (Å²) >= 11 is 0. The van der Waals surface area contributed by atoms with Crippen molar-refractivity contribution in [1.29, 1.82) is 0 Å². The van der Waals surface area contributed by atoms with Gasteiger partial charge in [-0.05, 0) is 33.3 Å². The third kappa shape index (κ3) is 5.97. The van der Waals surface area contributed by atoms with Crippen LogP contribution in [0, 0.1) is 10.1 Å². The van der Waals surface area contributed by atoms with Gasteiger partial charge in [0.25, 0.3) is 5.69 Å². The molecule has 0 saturated carbocycles. The predicted molar refractivity (Wildman–Crippen MR) is 97.6 cm³/mol. The Bertz CT molecular complexity index is 896. The number of alkyl carbamates (subject to hydrolysis) is 1. The fourth-order valence-corrected chi connectivity index (χ4v) is 2.56. The molecule has 28 heavy (non-hydrogen) atoms. The third-order valence-corrected chi connectivity index (χ3v) is 3.81. The molecular formula is C17H23LiN4O6. The van der Waals surface area contributed by atoms with Crippen molar-refractivity contribution in [3.63, 3.8) is 0 Å². The minimum Gasteiger partial charge on any atom is -1.00 e. The van der Waals surface area contributed by atoms with E-state index in [1.54, 1.807) is 38.5 Å². The molecule has 2 aromatic rings. The number of hydrogen-bond donors (Lipinski definition) is 2. The Kier molecular flexibility index (Phi) is 7.61. The number of ether oxygens (including phenoxy) is 1. The van der Waals surface area contributed by atoms with Crippen LogP contribution in [-0.4, -0.2) is 43.3 Å². The van der Waals surface area contributed by atoms with Gasteiger partial charge in [-0.15, -0.1) is 0 Å². The summed E-state index contributed by atoms with van der Waals surface area (Å²) in [5.41, 5.74) is 0.345. The van der Waals surface area contributed by atoms with Crippen molar-refractivity contribution in [1.82, 2.24) is 14.9 Å². The molecule has 1 atom stereocenters. The summed E-state index contributed by atoms with van der Waals surface area (Å²) in [4.78, 5) is 38.0. The molecule has 10 nitrogen and oxygen atoms in total. The van der Waals surface area contributed by atoms with Gasteiger partial charge in [-0.25, -0.2) is 14.6 Å². The number of carbonyl (C=O) groups excluding carboxylic acids is 1. The van der Waals surface area contributed by atoms with Crippen LogP contribution in [0.4, 0.5) is 10.5 Å². The van der Waals surface area contributed by atoms with E-state index >= 15 is 0 Å². The first kappa shape index (κ1) is 23.5. The number of non-ortho nitro benzene ring substituents is 1. The summed E-state index contributed by atoms with van der Waals surface area (Å²) in [6, 6.07) is 3.20. The zero-order valence-corrected chi connectivity index (χ0v) is 16.6. The largest absolute Gasteiger partial charge is 1.00 e. The molecule has 1 heterocycles. The number of nitro benzene ring substituents is 1. The first-order valence-electron chi connectivity index (χ1n) is 8.30. The summed E-state index contributed by atoms with van der Waals surface area (Å²) in [7, 11) is 1.74. The summed E-state index contributed by atoms with van der Waals surface area (Å²) < 4.78 is 6.82. The number of rotatable bonds is 6. The van der Waals surface area contributed by atoms with Crippen molar-refractivity contribution in [2.24, 2.45) is 7.05 Å². The first-order valence-corrected chi connectivity index (χ1v) is 8.30. The zero-order chi connectivity index (χ0) is 20.4. The van der Waals surface area contributed by atoms with Crippen LogP contribution in [0.25, 0.3) is 11.0 Å². The SMILES string of the molecule is Cn1c(CC[C@H](NC(=O)OC(C)(C)C)C(=O)O)nc2cc([N+](=O)[O-])ccc21.[H-].[Li+]. The number of aliphatic carboxylic acids is 1. The Morgan fingerprint density at radius 1 is 1.43 bits per heavy atom. The molecule has 11 heteroatoms. The molecular weight excluding hydrogens is 363 g/mol. The number of carboxylic acids is 1. The number of aromatic nitrogens is 2. The summed E-state index contributed by atoms with van der Waals surface area (Å²) in [5.74, 6) is -0.627. The van der Waals surface area contributed by atoms with Crippen molar-refractivity contribution >= 4 is 28.8 Å². The van der Waals surface area contributed by atoms with Crippen molar-refractivity contribution in [2.45, 2.75) is 45.3 Å². The van der Waals surface area contributed by atoms with Crippen LogP contribution in [-0.2, 0) is 23.0 Å². The van der Waals surface area contributed by atoms with E-state index in [1.807, 2.05) is 0 Å². The standard InChI is InChI=1S/C17H22N4O6.Li.H/c1-17(2,3)27-16(24)19-11(15(22)23)6-8-14-18-12-9-10(21(25)26)5-7-13(12)20(14)4;;/h5,7,9,11H,6,8H2,1-4H3,(H,19,24)(H,22,23);;/q;+1;-1/t11-;;/m0../s1. The molecule has 1 aromatic carbocycles. The molecule has 0 aliphatic heterocycles. The number of benzene rings is 1. The molecule has 0 unspecified atom stereocenters. The molecule has 0 saturated heterocycles. The van der Waals surface area contributed by atoms with E-state index in [-0.39, 0.29) is 38.8 Å². The topological polar surface area (TPSA) is 137 Å². The van der Waals surface area contributed by atoms with Crippen LogP contribution in [0.1, 0.15) is 34.4 Å². The first-order chi connectivity index (χ1) is 12.5. The smallest absolute Gasteiger partial charge is 1.00 e. The molecule has 148 valence electrons. The molecule has 0 fully saturated rings. The number of nitrogens with zero attached hydrogens (tertiary/aromatic N) is 3. The van der Waals surface area contributed by atoms with Gasteiger partial charge in [-0.2, -0.15) is 0 Å². The number of nitro groups is 1. The van der Waals surface area contributed by atoms with Crippen LogP contribution >= 0.6 is 0 Å². The van der Waals surface area contributed by atoms with Gasteiger partial charge in [0.1, 0.15) is 17.5 Å². The Hall–Kier alpha value is -2.57. The van der Waals surface area contributed by atoms with Crippen LogP contribution in [0.3, 0.4) is 0 Å². The van der Waals surface area contributed by atoms with Gasteiger partial charge in [0.2, 0.25) is 0 Å². The second kappa shape index (κ2) is 9.08. The summed E-state index contributed by atoms with van der Waals surface area (Å²) in [6.45, 7) is 5.04. The Balaban J connectivity index is 0.00000392. The van der Waals surface area contributed by atoms with Crippen molar-refractivity contribution < 1.29 is 44.6 Å². The van der Waals surface area contributed by atoms with Gasteiger partial charge in [-0.3, -0.25) is 10.1 Å². The zero-order valence-electron chi connectivity index (χ0n) is 17.6. The van der Waals surface area contributed by atoms with E-state index < -0.39 is 28.6 Å². The van der Waals surface area contributed by atoms with Gasteiger partial charge in [0.05, 0.1) is 16.0 Å². The maximum absolute atomic E-state index is 11.8. The molecule has 2 N–H and O–H groups in total. The van der Waals surface area contributed by atoms with Crippen LogP contribution in [0.2, 0.25) is 0 Å². The number of fused-ring (bicyclic) bond motifs is 1. The Labute approximate surface area is 175 Å². The number of amides is 1. The fourth-order valence-electron chi connectivity index (χ4n) is 2.56. The number of aryl methyl sites for hydroxylation is 2. The minimum atomic E-state index is -1.18. The monoisotopic (exact) mass is 386 g/mol. The van der Waals surface area contributed by atoms with Crippen LogP contribution < -0.4 is 24.2 Å². The van der Waals surface area contributed by atoms with Crippen molar-refractivity contribution in [2.75, 3.05) is 0 Å². The van der Waals surface area contributed by atoms with Gasteiger partial charge in [-0.1, -0.05) is 0 Å². The maximum Gasteiger partial charge on any atom is 1.00 e. The maximum atomic E-state index is 11.8. The normalized spacial score (nSPS) is 12.1. The average Bonchev–Trinajstić information content (AvgIpc) is 2.85. The van der Waals surface area contributed by atoms with Crippen LogP contribution in [0.15, 0.2) is 18.2 Å². The summed E-state index contributed by atoms with van der Waals surface area (Å²) in [5, 5.41) is 22.5. The van der Waals surface area contributed by atoms with E-state index in [0.29, 0.717) is 16.9 Å². The van der Waals surface area contributed by atoms with E-state index in [2.05, 4.69) is 10.3 Å². The number of nitrogens with one attached hydrogen (secondary N) is 1. The third-order valence-electron chi connectivity index (χ3n) is 3.81. The van der Waals surface area contributed by atoms with E-state index in [4.69, 9.17) is 4.74 Å². The number of imidazole rings is 1. The van der Waals surface area contributed by atoms with E-state index in [1.165, 1.54) is 12.1 Å². The number of hydrogen-bond acceptors (Lipinski definition) is 6. The van der Waals surface area contributed by atoms with Crippen LogP contribution in [0.5, 0.6) is 0 Å². The quantitative estimate of drug-likeness (QED) is 0.388. The van der Waals surface area contributed by atoms with Gasteiger partial charge < -0.3 is 21.2 Å².